The van der Waals surface area contributed by atoms with Gasteiger partial charge in [0, 0.05) is 18.4 Å². The van der Waals surface area contributed by atoms with E-state index in [-0.39, 0.29) is 5.54 Å². The van der Waals surface area contributed by atoms with Crippen molar-refractivity contribution in [2.75, 3.05) is 25.0 Å². The van der Waals surface area contributed by atoms with Crippen LogP contribution in [0.1, 0.15) is 30.5 Å². The Hall–Kier alpha value is -1.62. The van der Waals surface area contributed by atoms with Crippen LogP contribution in [0.15, 0.2) is 18.1 Å². The molecule has 1 aromatic heterocycles. The third-order valence-electron chi connectivity index (χ3n) is 5.40. The average molecular weight is 285 g/mol. The molecule has 5 heteroatoms. The monoisotopic (exact) mass is 285 g/mol. The van der Waals surface area contributed by atoms with Crippen molar-refractivity contribution >= 4 is 5.95 Å². The molecule has 0 radical (unpaired) electrons. The highest BCUT2D eigenvalue weighted by atomic mass is 15.3. The van der Waals surface area contributed by atoms with Crippen molar-refractivity contribution in [2.24, 2.45) is 5.92 Å². The second-order valence-corrected chi connectivity index (χ2v) is 6.74. The Morgan fingerprint density at radius 2 is 2.14 bits per heavy atom. The lowest BCUT2D eigenvalue weighted by Gasteiger charge is -2.52. The third kappa shape index (κ3) is 2.20. The molecular formula is C16H23N5. The van der Waals surface area contributed by atoms with Gasteiger partial charge in [0.05, 0.1) is 5.54 Å². The van der Waals surface area contributed by atoms with Crippen LogP contribution in [0.5, 0.6) is 0 Å². The molecule has 112 valence electrons. The summed E-state index contributed by atoms with van der Waals surface area (Å²) < 4.78 is 0. The Kier molecular flexibility index (Phi) is 2.92. The molecule has 3 fully saturated rings. The predicted molar refractivity (Wildman–Crippen MR) is 82.9 cm³/mol. The number of nitrogens with zero attached hydrogens (tertiary/aromatic N) is 3. The number of aromatic nitrogens is 2. The molecule has 5 heterocycles. The summed E-state index contributed by atoms with van der Waals surface area (Å²) in [6, 6.07) is 0. The standard InChI is InChI=1S/C16H23N5/c1-11-9-17-15(18-12(11)2)19-14-3-6-16(20-14)10-21-7-4-13(16)5-8-21/h3,9,13,20H,4-8,10H2,1-2H3,(H,17,18,19)/t16-/m0/s1. The lowest BCUT2D eigenvalue weighted by atomic mass is 9.72. The van der Waals surface area contributed by atoms with Gasteiger partial charge in [0.25, 0.3) is 0 Å². The van der Waals surface area contributed by atoms with Crippen LogP contribution in [0.2, 0.25) is 0 Å². The molecule has 5 nitrogen and oxygen atoms in total. The molecule has 0 aromatic carbocycles. The lowest BCUT2D eigenvalue weighted by Crippen LogP contribution is -2.64. The highest BCUT2D eigenvalue weighted by Crippen LogP contribution is 2.41. The Balaban J connectivity index is 1.47. The molecule has 1 atom stereocenters. The number of anilines is 1. The van der Waals surface area contributed by atoms with Crippen molar-refractivity contribution < 1.29 is 0 Å². The van der Waals surface area contributed by atoms with Crippen LogP contribution in [-0.2, 0) is 0 Å². The maximum absolute atomic E-state index is 4.50. The summed E-state index contributed by atoms with van der Waals surface area (Å²) in [7, 11) is 0. The number of piperidine rings is 3. The second-order valence-electron chi connectivity index (χ2n) is 6.74. The van der Waals surface area contributed by atoms with E-state index in [1.165, 1.54) is 32.5 Å². The number of aryl methyl sites for hydroxylation is 2. The molecule has 4 aliphatic rings. The van der Waals surface area contributed by atoms with Gasteiger partial charge in [0.1, 0.15) is 5.82 Å². The van der Waals surface area contributed by atoms with Crippen LogP contribution < -0.4 is 10.6 Å². The van der Waals surface area contributed by atoms with Crippen molar-refractivity contribution in [3.63, 3.8) is 0 Å². The van der Waals surface area contributed by atoms with Crippen LogP contribution in [0.25, 0.3) is 0 Å². The summed E-state index contributed by atoms with van der Waals surface area (Å²) in [5, 5.41) is 7.10. The van der Waals surface area contributed by atoms with Crippen LogP contribution in [0.4, 0.5) is 5.95 Å². The molecule has 3 saturated heterocycles. The van der Waals surface area contributed by atoms with Crippen molar-refractivity contribution in [2.45, 2.75) is 38.6 Å². The van der Waals surface area contributed by atoms with E-state index in [9.17, 15) is 0 Å². The number of hydrogen-bond acceptors (Lipinski definition) is 5. The smallest absolute Gasteiger partial charge is 0.228 e. The highest BCUT2D eigenvalue weighted by Gasteiger charge is 2.48. The van der Waals surface area contributed by atoms with Gasteiger partial charge in [-0.2, -0.15) is 0 Å². The average Bonchev–Trinajstić information content (AvgIpc) is 2.87. The molecule has 2 N–H and O–H groups in total. The van der Waals surface area contributed by atoms with E-state index in [0.717, 1.165) is 29.4 Å². The van der Waals surface area contributed by atoms with Crippen LogP contribution in [-0.4, -0.2) is 40.0 Å². The van der Waals surface area contributed by atoms with Crippen LogP contribution in [0, 0.1) is 19.8 Å². The quantitative estimate of drug-likeness (QED) is 0.868. The van der Waals surface area contributed by atoms with E-state index in [4.69, 9.17) is 0 Å². The normalized spacial score (nSPS) is 33.9. The Morgan fingerprint density at radius 3 is 2.81 bits per heavy atom. The fourth-order valence-corrected chi connectivity index (χ4v) is 3.99. The van der Waals surface area contributed by atoms with E-state index >= 15 is 0 Å². The molecule has 21 heavy (non-hydrogen) atoms. The van der Waals surface area contributed by atoms with E-state index < -0.39 is 0 Å². The highest BCUT2D eigenvalue weighted by molar-refractivity contribution is 5.38. The maximum atomic E-state index is 4.50. The first kappa shape index (κ1) is 13.1. The molecule has 2 bridgehead atoms. The number of fused-ring (bicyclic) bond motifs is 2. The minimum absolute atomic E-state index is 0.249. The van der Waals surface area contributed by atoms with Gasteiger partial charge in [-0.1, -0.05) is 0 Å². The van der Waals surface area contributed by atoms with Crippen LogP contribution >= 0.6 is 0 Å². The van der Waals surface area contributed by atoms with Gasteiger partial charge in [-0.15, -0.1) is 0 Å². The summed E-state index contributed by atoms with van der Waals surface area (Å²) in [6.45, 7) is 7.78. The van der Waals surface area contributed by atoms with Crippen molar-refractivity contribution in [1.29, 1.82) is 0 Å². The van der Waals surface area contributed by atoms with E-state index in [1.807, 2.05) is 20.0 Å². The van der Waals surface area contributed by atoms with Gasteiger partial charge >= 0.3 is 0 Å². The molecule has 1 aromatic rings. The minimum Gasteiger partial charge on any atom is -0.364 e. The van der Waals surface area contributed by atoms with Gasteiger partial charge < -0.3 is 15.5 Å². The molecule has 1 spiro atoms. The fraction of sp³-hybridized carbons (Fsp3) is 0.625. The zero-order chi connectivity index (χ0) is 14.4. The summed E-state index contributed by atoms with van der Waals surface area (Å²) in [5.74, 6) is 2.57. The Labute approximate surface area is 125 Å². The zero-order valence-electron chi connectivity index (χ0n) is 12.8. The predicted octanol–water partition coefficient (Wildman–Crippen LogP) is 1.80. The second kappa shape index (κ2) is 4.70. The Bertz CT molecular complexity index is 588. The maximum Gasteiger partial charge on any atom is 0.228 e. The first-order valence-corrected chi connectivity index (χ1v) is 7.93. The van der Waals surface area contributed by atoms with Gasteiger partial charge in [-0.25, -0.2) is 9.97 Å². The topological polar surface area (TPSA) is 53.1 Å². The van der Waals surface area contributed by atoms with E-state index in [1.54, 1.807) is 0 Å². The van der Waals surface area contributed by atoms with Gasteiger partial charge in [0.2, 0.25) is 5.95 Å². The molecule has 0 saturated carbocycles. The number of nitrogens with one attached hydrogen (secondary N) is 2. The lowest BCUT2D eigenvalue weighted by molar-refractivity contribution is 0.0189. The molecule has 0 aliphatic carbocycles. The van der Waals surface area contributed by atoms with Crippen LogP contribution in [0.3, 0.4) is 0 Å². The Morgan fingerprint density at radius 1 is 1.33 bits per heavy atom. The summed E-state index contributed by atoms with van der Waals surface area (Å²) in [4.78, 5) is 11.5. The van der Waals surface area contributed by atoms with Gasteiger partial charge in [-0.05, 0) is 63.8 Å². The summed E-state index contributed by atoms with van der Waals surface area (Å²) in [5.41, 5.74) is 2.41. The first-order chi connectivity index (χ1) is 10.1. The van der Waals surface area contributed by atoms with E-state index in [0.29, 0.717) is 5.95 Å². The molecule has 4 aliphatic heterocycles. The number of rotatable bonds is 2. The summed E-state index contributed by atoms with van der Waals surface area (Å²) in [6.07, 6.45) is 7.93. The number of hydrogen-bond donors (Lipinski definition) is 2. The van der Waals surface area contributed by atoms with Crippen molar-refractivity contribution in [3.05, 3.63) is 29.4 Å². The first-order valence-electron chi connectivity index (χ1n) is 7.93. The largest absolute Gasteiger partial charge is 0.364 e. The minimum atomic E-state index is 0.249. The van der Waals surface area contributed by atoms with Gasteiger partial charge in [-0.3, -0.25) is 0 Å². The molecule has 5 rings (SSSR count). The van der Waals surface area contributed by atoms with Gasteiger partial charge in [0.15, 0.2) is 0 Å². The molecule has 0 unspecified atom stereocenters. The molecular weight excluding hydrogens is 262 g/mol. The van der Waals surface area contributed by atoms with E-state index in [2.05, 4.69) is 31.6 Å². The fourth-order valence-electron chi connectivity index (χ4n) is 3.99. The molecule has 0 amide bonds. The van der Waals surface area contributed by atoms with Crippen molar-refractivity contribution in [3.8, 4) is 0 Å². The zero-order valence-corrected chi connectivity index (χ0v) is 12.8. The third-order valence-corrected chi connectivity index (χ3v) is 5.40. The SMILES string of the molecule is Cc1cnc(NC2=CC[C@@]3(CN4CCC3CC4)N2)nc1C. The van der Waals surface area contributed by atoms with Crippen molar-refractivity contribution in [1.82, 2.24) is 20.2 Å². The summed E-state index contributed by atoms with van der Waals surface area (Å²) >= 11 is 0.